The number of rotatable bonds is 3. The average molecular weight is 410 g/mol. The van der Waals surface area contributed by atoms with E-state index in [1.54, 1.807) is 10.7 Å². The van der Waals surface area contributed by atoms with Gasteiger partial charge in [0.1, 0.15) is 11.5 Å². The van der Waals surface area contributed by atoms with Crippen LogP contribution in [0.25, 0.3) is 39.1 Å². The van der Waals surface area contributed by atoms with Crippen molar-refractivity contribution in [2.45, 2.75) is 0 Å². The molecule has 154 valence electrons. The number of imidazole rings is 1. The summed E-state index contributed by atoms with van der Waals surface area (Å²) in [6.07, 6.45) is 9.40. The quantitative estimate of drug-likeness (QED) is 0.493. The normalized spacial score (nSPS) is 15.2. The minimum atomic E-state index is 0.828. The molecule has 31 heavy (non-hydrogen) atoms. The van der Waals surface area contributed by atoms with Crippen molar-refractivity contribution in [3.63, 3.8) is 0 Å². The van der Waals surface area contributed by atoms with E-state index in [-0.39, 0.29) is 0 Å². The second-order valence-corrected chi connectivity index (χ2v) is 7.97. The third-order valence-corrected chi connectivity index (χ3v) is 5.97. The number of aromatic nitrogens is 6. The molecule has 6 heterocycles. The summed E-state index contributed by atoms with van der Waals surface area (Å²) in [6.45, 7) is 4.16. The number of hydrogen-bond donors (Lipinski definition) is 1. The summed E-state index contributed by atoms with van der Waals surface area (Å²) in [5, 5.41) is 5.72. The fourth-order valence-corrected chi connectivity index (χ4v) is 4.11. The number of nitrogens with zero attached hydrogens (tertiary/aromatic N) is 7. The van der Waals surface area contributed by atoms with E-state index < -0.39 is 0 Å². The maximum Gasteiger partial charge on any atom is 0.153 e. The van der Waals surface area contributed by atoms with Crippen molar-refractivity contribution in [1.82, 2.24) is 34.4 Å². The largest absolute Gasteiger partial charge is 0.354 e. The van der Waals surface area contributed by atoms with Crippen LogP contribution in [0.3, 0.4) is 0 Å². The van der Waals surface area contributed by atoms with Crippen molar-refractivity contribution in [1.29, 1.82) is 0 Å². The monoisotopic (exact) mass is 410 g/mol. The molecule has 1 saturated heterocycles. The third-order valence-electron chi connectivity index (χ3n) is 5.97. The van der Waals surface area contributed by atoms with Gasteiger partial charge in [0.15, 0.2) is 5.65 Å². The molecular formula is C23H22N8. The van der Waals surface area contributed by atoms with Crippen LogP contribution in [0.4, 0.5) is 5.82 Å². The molecule has 0 saturated carbocycles. The van der Waals surface area contributed by atoms with Gasteiger partial charge < -0.3 is 14.8 Å². The predicted octanol–water partition coefficient (Wildman–Crippen LogP) is 3.09. The summed E-state index contributed by atoms with van der Waals surface area (Å²) >= 11 is 0. The summed E-state index contributed by atoms with van der Waals surface area (Å²) in [5.74, 6) is 1.03. The molecule has 8 heteroatoms. The van der Waals surface area contributed by atoms with Gasteiger partial charge in [0, 0.05) is 79.2 Å². The van der Waals surface area contributed by atoms with Gasteiger partial charge in [-0.1, -0.05) is 0 Å². The molecule has 0 unspecified atom stereocenters. The van der Waals surface area contributed by atoms with Crippen molar-refractivity contribution >= 4 is 22.5 Å². The minimum Gasteiger partial charge on any atom is -0.354 e. The molecule has 0 spiro atoms. The molecule has 0 amide bonds. The first kappa shape index (κ1) is 18.0. The number of likely N-dealkylation sites (N-methyl/N-ethyl adjacent to an activating group) is 1. The van der Waals surface area contributed by atoms with Crippen LogP contribution in [0.5, 0.6) is 0 Å². The second kappa shape index (κ2) is 7.17. The maximum absolute atomic E-state index is 4.73. The third kappa shape index (κ3) is 3.21. The highest BCUT2D eigenvalue weighted by molar-refractivity contribution is 5.94. The molecule has 0 atom stereocenters. The molecular weight excluding hydrogens is 388 g/mol. The highest BCUT2D eigenvalue weighted by atomic mass is 15.3. The van der Waals surface area contributed by atoms with E-state index in [1.807, 2.05) is 36.9 Å². The standard InChI is InChI=1S/C23H22N8/c1-29-8-10-30(11-9-29)21-4-2-16(13-25-21)17-12-18-19(15-27-23(18)26-14-17)20-3-5-22-24-6-7-31(22)28-20/h2-7,12-15H,8-11H2,1H3,(H,26,27). The fourth-order valence-electron chi connectivity index (χ4n) is 4.11. The van der Waals surface area contributed by atoms with Crippen LogP contribution in [-0.2, 0) is 0 Å². The van der Waals surface area contributed by atoms with Crippen molar-refractivity contribution in [2.75, 3.05) is 38.1 Å². The van der Waals surface area contributed by atoms with Crippen molar-refractivity contribution in [3.05, 3.63) is 61.3 Å². The molecule has 1 aliphatic rings. The summed E-state index contributed by atoms with van der Waals surface area (Å²) in [4.78, 5) is 21.6. The Balaban J connectivity index is 1.34. The number of hydrogen-bond acceptors (Lipinski definition) is 6. The number of H-pyrrole nitrogens is 1. The summed E-state index contributed by atoms with van der Waals surface area (Å²) < 4.78 is 1.78. The Kier molecular flexibility index (Phi) is 4.17. The zero-order valence-electron chi connectivity index (χ0n) is 17.2. The van der Waals surface area contributed by atoms with Crippen LogP contribution in [0.15, 0.2) is 61.3 Å². The Bertz CT molecular complexity index is 1360. The Morgan fingerprint density at radius 2 is 1.77 bits per heavy atom. The SMILES string of the molecule is CN1CCN(c2ccc(-c3cnc4[nH]cc(-c5ccc6nccn6n5)c4c3)cn2)CC1. The van der Waals surface area contributed by atoms with E-state index in [4.69, 9.17) is 4.98 Å². The van der Waals surface area contributed by atoms with Crippen LogP contribution in [-0.4, -0.2) is 67.7 Å². The zero-order valence-corrected chi connectivity index (χ0v) is 17.2. The van der Waals surface area contributed by atoms with Gasteiger partial charge in [-0.05, 0) is 37.4 Å². The first-order valence-electron chi connectivity index (χ1n) is 10.4. The zero-order chi connectivity index (χ0) is 20.8. The number of pyridine rings is 2. The van der Waals surface area contributed by atoms with Gasteiger partial charge in [-0.3, -0.25) is 0 Å². The lowest BCUT2D eigenvalue weighted by atomic mass is 10.1. The molecule has 8 nitrogen and oxygen atoms in total. The molecule has 1 fully saturated rings. The first-order valence-corrected chi connectivity index (χ1v) is 10.4. The van der Waals surface area contributed by atoms with E-state index >= 15 is 0 Å². The number of aromatic amines is 1. The molecule has 5 aromatic rings. The Labute approximate surface area is 179 Å². The predicted molar refractivity (Wildman–Crippen MR) is 121 cm³/mol. The molecule has 0 radical (unpaired) electrons. The number of anilines is 1. The Hall–Kier alpha value is -3.78. The van der Waals surface area contributed by atoms with Crippen molar-refractivity contribution in [3.8, 4) is 22.4 Å². The molecule has 5 aromatic heterocycles. The average Bonchev–Trinajstić information content (AvgIpc) is 3.45. The summed E-state index contributed by atoms with van der Waals surface area (Å²) in [7, 11) is 2.16. The fraction of sp³-hybridized carbons (Fsp3) is 0.217. The highest BCUT2D eigenvalue weighted by Gasteiger charge is 2.16. The lowest BCUT2D eigenvalue weighted by Crippen LogP contribution is -2.44. The van der Waals surface area contributed by atoms with Gasteiger partial charge in [0.05, 0.1) is 5.69 Å². The second-order valence-electron chi connectivity index (χ2n) is 7.97. The summed E-state index contributed by atoms with van der Waals surface area (Å²) in [5.41, 5.74) is 5.65. The molecule has 1 aliphatic heterocycles. The molecule has 0 aliphatic carbocycles. The van der Waals surface area contributed by atoms with Gasteiger partial charge in [0.25, 0.3) is 0 Å². The molecule has 0 aromatic carbocycles. The summed E-state index contributed by atoms with van der Waals surface area (Å²) in [6, 6.07) is 10.4. The lowest BCUT2D eigenvalue weighted by molar-refractivity contribution is 0.312. The van der Waals surface area contributed by atoms with E-state index in [2.05, 4.69) is 55.1 Å². The molecule has 1 N–H and O–H groups in total. The number of piperazine rings is 1. The van der Waals surface area contributed by atoms with Crippen molar-refractivity contribution in [2.24, 2.45) is 0 Å². The van der Waals surface area contributed by atoms with E-state index in [1.165, 1.54) is 0 Å². The number of fused-ring (bicyclic) bond motifs is 2. The Morgan fingerprint density at radius 3 is 2.61 bits per heavy atom. The van der Waals surface area contributed by atoms with Crippen LogP contribution in [0, 0.1) is 0 Å². The van der Waals surface area contributed by atoms with Gasteiger partial charge >= 0.3 is 0 Å². The first-order chi connectivity index (χ1) is 15.2. The van der Waals surface area contributed by atoms with Crippen molar-refractivity contribution < 1.29 is 0 Å². The van der Waals surface area contributed by atoms with Gasteiger partial charge in [-0.15, -0.1) is 0 Å². The smallest absolute Gasteiger partial charge is 0.153 e. The topological polar surface area (TPSA) is 78.2 Å². The van der Waals surface area contributed by atoms with E-state index in [0.717, 1.165) is 71.1 Å². The van der Waals surface area contributed by atoms with Gasteiger partial charge in [0.2, 0.25) is 0 Å². The van der Waals surface area contributed by atoms with Crippen LogP contribution < -0.4 is 4.90 Å². The van der Waals surface area contributed by atoms with Gasteiger partial charge in [-0.2, -0.15) is 5.10 Å². The lowest BCUT2D eigenvalue weighted by Gasteiger charge is -2.33. The van der Waals surface area contributed by atoms with Crippen LogP contribution in [0.2, 0.25) is 0 Å². The maximum atomic E-state index is 4.73. The van der Waals surface area contributed by atoms with Gasteiger partial charge in [-0.25, -0.2) is 19.5 Å². The molecule has 6 rings (SSSR count). The Morgan fingerprint density at radius 1 is 0.903 bits per heavy atom. The van der Waals surface area contributed by atoms with E-state index in [0.29, 0.717) is 0 Å². The van der Waals surface area contributed by atoms with Crippen LogP contribution >= 0.6 is 0 Å². The minimum absolute atomic E-state index is 0.828. The number of nitrogens with one attached hydrogen (secondary N) is 1. The van der Waals surface area contributed by atoms with Crippen LogP contribution in [0.1, 0.15) is 0 Å². The molecule has 0 bridgehead atoms. The van der Waals surface area contributed by atoms with E-state index in [9.17, 15) is 0 Å². The highest BCUT2D eigenvalue weighted by Crippen LogP contribution is 2.30.